The van der Waals surface area contributed by atoms with E-state index in [0.29, 0.717) is 22.9 Å². The molecule has 0 heterocycles. The smallest absolute Gasteiger partial charge is 0.153 e. The molecule has 1 aromatic rings. The molecule has 0 N–H and O–H groups in total. The summed E-state index contributed by atoms with van der Waals surface area (Å²) in [6.07, 6.45) is 5.33. The number of halogens is 1. The van der Waals surface area contributed by atoms with Crippen LogP contribution < -0.4 is 4.74 Å². The highest BCUT2D eigenvalue weighted by molar-refractivity contribution is 6.32. The molecule has 0 saturated heterocycles. The Labute approximate surface area is 102 Å². The molecule has 0 saturated carbocycles. The molecule has 0 aliphatic heterocycles. The number of rotatable bonds is 7. The van der Waals surface area contributed by atoms with E-state index in [1.807, 2.05) is 0 Å². The quantitative estimate of drug-likeness (QED) is 0.530. The van der Waals surface area contributed by atoms with Crippen molar-refractivity contribution in [2.75, 3.05) is 6.61 Å². The zero-order valence-corrected chi connectivity index (χ0v) is 10.3. The van der Waals surface area contributed by atoms with Gasteiger partial charge in [-0.3, -0.25) is 4.79 Å². The molecule has 2 nitrogen and oxygen atoms in total. The van der Waals surface area contributed by atoms with Crippen LogP contribution in [0.25, 0.3) is 0 Å². The Morgan fingerprint density at radius 2 is 2.12 bits per heavy atom. The molecule has 0 aromatic heterocycles. The van der Waals surface area contributed by atoms with Gasteiger partial charge >= 0.3 is 0 Å². The predicted molar refractivity (Wildman–Crippen MR) is 66.5 cm³/mol. The summed E-state index contributed by atoms with van der Waals surface area (Å²) in [7, 11) is 0. The van der Waals surface area contributed by atoms with Crippen LogP contribution in [0, 0.1) is 0 Å². The zero-order valence-electron chi connectivity index (χ0n) is 9.54. The lowest BCUT2D eigenvalue weighted by atomic mass is 10.2. The molecular formula is C13H17ClO2. The Balaban J connectivity index is 2.49. The Morgan fingerprint density at radius 3 is 2.81 bits per heavy atom. The first-order chi connectivity index (χ1) is 7.79. The summed E-state index contributed by atoms with van der Waals surface area (Å²) in [5, 5.41) is 0.500. The second-order valence-electron chi connectivity index (χ2n) is 3.69. The Hall–Kier alpha value is -1.02. The van der Waals surface area contributed by atoms with Crippen molar-refractivity contribution in [2.24, 2.45) is 0 Å². The van der Waals surface area contributed by atoms with Gasteiger partial charge in [-0.25, -0.2) is 0 Å². The van der Waals surface area contributed by atoms with Crippen LogP contribution in [-0.2, 0) is 0 Å². The normalized spacial score (nSPS) is 10.1. The van der Waals surface area contributed by atoms with E-state index in [-0.39, 0.29) is 0 Å². The van der Waals surface area contributed by atoms with Crippen molar-refractivity contribution in [3.8, 4) is 5.75 Å². The molecule has 0 atom stereocenters. The largest absolute Gasteiger partial charge is 0.491 e. The van der Waals surface area contributed by atoms with Crippen LogP contribution in [0.5, 0.6) is 5.75 Å². The summed E-state index contributed by atoms with van der Waals surface area (Å²) in [6.45, 7) is 2.78. The summed E-state index contributed by atoms with van der Waals surface area (Å²) in [6, 6.07) is 5.19. The number of benzene rings is 1. The van der Waals surface area contributed by atoms with E-state index < -0.39 is 0 Å². The van der Waals surface area contributed by atoms with Crippen LogP contribution in [0.3, 0.4) is 0 Å². The summed E-state index contributed by atoms with van der Waals surface area (Å²) in [4.78, 5) is 10.8. The number of para-hydroxylation sites is 1. The molecule has 1 aromatic carbocycles. The van der Waals surface area contributed by atoms with E-state index in [2.05, 4.69) is 6.92 Å². The average molecular weight is 241 g/mol. The van der Waals surface area contributed by atoms with Crippen molar-refractivity contribution in [2.45, 2.75) is 32.6 Å². The van der Waals surface area contributed by atoms with Gasteiger partial charge in [0.25, 0.3) is 0 Å². The summed E-state index contributed by atoms with van der Waals surface area (Å²) >= 11 is 5.96. The Morgan fingerprint density at radius 1 is 1.31 bits per heavy atom. The Bertz CT molecular complexity index is 337. The van der Waals surface area contributed by atoms with Crippen LogP contribution in [0.2, 0.25) is 5.02 Å². The van der Waals surface area contributed by atoms with E-state index >= 15 is 0 Å². The molecule has 0 unspecified atom stereocenters. The monoisotopic (exact) mass is 240 g/mol. The number of carbonyl (C=O) groups is 1. The van der Waals surface area contributed by atoms with Gasteiger partial charge in [0.1, 0.15) is 5.75 Å². The predicted octanol–water partition coefficient (Wildman–Crippen LogP) is 4.11. The van der Waals surface area contributed by atoms with Crippen LogP contribution in [0.4, 0.5) is 0 Å². The molecule has 88 valence electrons. The maximum atomic E-state index is 10.8. The molecular weight excluding hydrogens is 224 g/mol. The minimum Gasteiger partial charge on any atom is -0.491 e. The number of aldehydes is 1. The SMILES string of the molecule is CCCCCCOc1c(Cl)cccc1C=O. The fraction of sp³-hybridized carbons (Fsp3) is 0.462. The molecule has 1 rings (SSSR count). The van der Waals surface area contributed by atoms with E-state index in [9.17, 15) is 4.79 Å². The minimum absolute atomic E-state index is 0.500. The highest BCUT2D eigenvalue weighted by Crippen LogP contribution is 2.27. The van der Waals surface area contributed by atoms with Gasteiger partial charge in [0, 0.05) is 0 Å². The highest BCUT2D eigenvalue weighted by atomic mass is 35.5. The topological polar surface area (TPSA) is 26.3 Å². The Kier molecular flexibility index (Phi) is 5.94. The van der Waals surface area contributed by atoms with Crippen molar-refractivity contribution >= 4 is 17.9 Å². The lowest BCUT2D eigenvalue weighted by molar-refractivity contribution is 0.111. The van der Waals surface area contributed by atoms with Crippen LogP contribution in [0.1, 0.15) is 43.0 Å². The van der Waals surface area contributed by atoms with Gasteiger partial charge in [-0.1, -0.05) is 43.9 Å². The number of carbonyl (C=O) groups excluding carboxylic acids is 1. The molecule has 3 heteroatoms. The molecule has 0 aliphatic rings. The first-order valence-electron chi connectivity index (χ1n) is 5.66. The third-order valence-corrected chi connectivity index (χ3v) is 2.67. The van der Waals surface area contributed by atoms with Crippen LogP contribution >= 0.6 is 11.6 Å². The summed E-state index contributed by atoms with van der Waals surface area (Å²) < 4.78 is 5.54. The van der Waals surface area contributed by atoms with Crippen molar-refractivity contribution in [3.63, 3.8) is 0 Å². The molecule has 16 heavy (non-hydrogen) atoms. The second kappa shape index (κ2) is 7.29. The van der Waals surface area contributed by atoms with Crippen LogP contribution in [0.15, 0.2) is 18.2 Å². The van der Waals surface area contributed by atoms with Gasteiger partial charge in [-0.15, -0.1) is 0 Å². The first-order valence-corrected chi connectivity index (χ1v) is 6.04. The van der Waals surface area contributed by atoms with Gasteiger partial charge in [-0.2, -0.15) is 0 Å². The minimum atomic E-state index is 0.500. The van der Waals surface area contributed by atoms with Crippen molar-refractivity contribution in [1.29, 1.82) is 0 Å². The van der Waals surface area contributed by atoms with E-state index in [0.717, 1.165) is 19.1 Å². The molecule has 0 bridgehead atoms. The summed E-state index contributed by atoms with van der Waals surface area (Å²) in [5.41, 5.74) is 0.517. The van der Waals surface area contributed by atoms with Gasteiger partial charge in [0.15, 0.2) is 6.29 Å². The van der Waals surface area contributed by atoms with Crippen molar-refractivity contribution in [1.82, 2.24) is 0 Å². The molecule has 0 radical (unpaired) electrons. The van der Waals surface area contributed by atoms with Gasteiger partial charge in [0.2, 0.25) is 0 Å². The van der Waals surface area contributed by atoms with Crippen molar-refractivity contribution in [3.05, 3.63) is 28.8 Å². The third kappa shape index (κ3) is 3.86. The average Bonchev–Trinajstić information content (AvgIpc) is 2.30. The zero-order chi connectivity index (χ0) is 11.8. The number of ether oxygens (including phenoxy) is 1. The fourth-order valence-electron chi connectivity index (χ4n) is 1.47. The van der Waals surface area contributed by atoms with E-state index in [1.54, 1.807) is 18.2 Å². The number of unbranched alkanes of at least 4 members (excludes halogenated alkanes) is 3. The molecule has 0 fully saturated rings. The third-order valence-electron chi connectivity index (χ3n) is 2.37. The molecule has 0 aliphatic carbocycles. The lowest BCUT2D eigenvalue weighted by Crippen LogP contribution is -2.00. The maximum absolute atomic E-state index is 10.8. The lowest BCUT2D eigenvalue weighted by Gasteiger charge is -2.09. The fourth-order valence-corrected chi connectivity index (χ4v) is 1.71. The van der Waals surface area contributed by atoms with Gasteiger partial charge in [-0.05, 0) is 18.6 Å². The summed E-state index contributed by atoms with van der Waals surface area (Å²) in [5.74, 6) is 0.510. The van der Waals surface area contributed by atoms with E-state index in [4.69, 9.17) is 16.3 Å². The number of hydrogen-bond acceptors (Lipinski definition) is 2. The first kappa shape index (κ1) is 13.0. The van der Waals surface area contributed by atoms with Gasteiger partial charge in [0.05, 0.1) is 17.2 Å². The highest BCUT2D eigenvalue weighted by Gasteiger charge is 2.06. The number of hydrogen-bond donors (Lipinski definition) is 0. The van der Waals surface area contributed by atoms with Gasteiger partial charge < -0.3 is 4.74 Å². The van der Waals surface area contributed by atoms with Crippen LogP contribution in [-0.4, -0.2) is 12.9 Å². The maximum Gasteiger partial charge on any atom is 0.153 e. The van der Waals surface area contributed by atoms with Crippen molar-refractivity contribution < 1.29 is 9.53 Å². The second-order valence-corrected chi connectivity index (χ2v) is 4.09. The molecule has 0 amide bonds. The standard InChI is InChI=1S/C13H17ClO2/c1-2-3-4-5-9-16-13-11(10-15)7-6-8-12(13)14/h6-8,10H,2-5,9H2,1H3. The molecule has 0 spiro atoms. The van der Waals surface area contributed by atoms with E-state index in [1.165, 1.54) is 12.8 Å².